The van der Waals surface area contributed by atoms with Gasteiger partial charge in [0.1, 0.15) is 0 Å². The summed E-state index contributed by atoms with van der Waals surface area (Å²) in [6.45, 7) is 3.68. The Hall–Kier alpha value is -0.380. The fraction of sp³-hybridized carbons (Fsp3) is 0.750. The van der Waals surface area contributed by atoms with Crippen molar-refractivity contribution in [1.29, 1.82) is 0 Å². The lowest BCUT2D eigenvalue weighted by Gasteiger charge is -2.28. The Balaban J connectivity index is 2.68. The summed E-state index contributed by atoms with van der Waals surface area (Å²) in [6, 6.07) is 0. The molecule has 3 heteroatoms. The summed E-state index contributed by atoms with van der Waals surface area (Å²) in [5.74, 6) is -1.27. The smallest absolute Gasteiger partial charge is 0.188 e. The second kappa shape index (κ2) is 2.59. The summed E-state index contributed by atoms with van der Waals surface area (Å²) in [7, 11) is 3.21. The van der Waals surface area contributed by atoms with Crippen LogP contribution in [0.25, 0.3) is 0 Å². The van der Waals surface area contributed by atoms with E-state index in [-0.39, 0.29) is 0 Å². The van der Waals surface area contributed by atoms with Gasteiger partial charge in [0, 0.05) is 14.2 Å². The van der Waals surface area contributed by atoms with Crippen molar-refractivity contribution in [2.45, 2.75) is 25.4 Å². The van der Waals surface area contributed by atoms with E-state index in [4.69, 9.17) is 14.2 Å². The van der Waals surface area contributed by atoms with E-state index in [2.05, 4.69) is 0 Å². The maximum absolute atomic E-state index is 5.48. The number of ether oxygens (including phenoxy) is 3. The monoisotopic (exact) mass is 158 g/mol. The Labute approximate surface area is 66.9 Å². The molecule has 2 atom stereocenters. The van der Waals surface area contributed by atoms with Crippen molar-refractivity contribution < 1.29 is 14.2 Å². The normalized spacial score (nSPS) is 43.3. The molecule has 1 aliphatic heterocycles. The van der Waals surface area contributed by atoms with Gasteiger partial charge in [-0.05, 0) is 26.0 Å². The Morgan fingerprint density at radius 2 is 1.36 bits per heavy atom. The third-order valence-electron chi connectivity index (χ3n) is 1.90. The third kappa shape index (κ3) is 1.61. The van der Waals surface area contributed by atoms with E-state index in [9.17, 15) is 0 Å². The van der Waals surface area contributed by atoms with Crippen molar-refractivity contribution in [2.24, 2.45) is 0 Å². The van der Waals surface area contributed by atoms with Crippen molar-refractivity contribution in [2.75, 3.05) is 14.2 Å². The van der Waals surface area contributed by atoms with Crippen LogP contribution in [0.1, 0.15) is 13.8 Å². The second-order valence-electron chi connectivity index (χ2n) is 2.88. The lowest BCUT2D eigenvalue weighted by Crippen LogP contribution is -2.35. The van der Waals surface area contributed by atoms with Gasteiger partial charge in [0.15, 0.2) is 11.6 Å². The third-order valence-corrected chi connectivity index (χ3v) is 1.90. The largest absolute Gasteiger partial charge is 0.350 e. The van der Waals surface area contributed by atoms with Gasteiger partial charge in [0.2, 0.25) is 0 Å². The summed E-state index contributed by atoms with van der Waals surface area (Å²) in [5.41, 5.74) is 0. The Kier molecular flexibility index (Phi) is 2.05. The molecule has 0 radical (unpaired) electrons. The summed E-state index contributed by atoms with van der Waals surface area (Å²) < 4.78 is 15.7. The highest BCUT2D eigenvalue weighted by Gasteiger charge is 2.38. The zero-order chi connectivity index (χ0) is 8.54. The van der Waals surface area contributed by atoms with Crippen molar-refractivity contribution in [3.63, 3.8) is 0 Å². The fourth-order valence-corrected chi connectivity index (χ4v) is 0.993. The topological polar surface area (TPSA) is 27.7 Å². The predicted molar refractivity (Wildman–Crippen MR) is 41.1 cm³/mol. The first-order valence-corrected chi connectivity index (χ1v) is 3.54. The van der Waals surface area contributed by atoms with Crippen LogP contribution in [0.15, 0.2) is 12.2 Å². The molecule has 0 fully saturated rings. The van der Waals surface area contributed by atoms with Crippen LogP contribution < -0.4 is 0 Å². The van der Waals surface area contributed by atoms with Crippen molar-refractivity contribution in [1.82, 2.24) is 0 Å². The van der Waals surface area contributed by atoms with Crippen molar-refractivity contribution in [3.8, 4) is 0 Å². The first kappa shape index (κ1) is 8.71. The van der Waals surface area contributed by atoms with Crippen LogP contribution in [0, 0.1) is 0 Å². The van der Waals surface area contributed by atoms with Gasteiger partial charge in [-0.3, -0.25) is 0 Å². The minimum Gasteiger partial charge on any atom is -0.350 e. The van der Waals surface area contributed by atoms with Gasteiger partial charge in [-0.25, -0.2) is 0 Å². The first-order valence-electron chi connectivity index (χ1n) is 3.54. The van der Waals surface area contributed by atoms with Gasteiger partial charge in [-0.15, -0.1) is 0 Å². The van der Waals surface area contributed by atoms with E-state index in [1.54, 1.807) is 14.2 Å². The van der Waals surface area contributed by atoms with Crippen LogP contribution in [-0.2, 0) is 14.2 Å². The van der Waals surface area contributed by atoms with Crippen LogP contribution in [0.2, 0.25) is 0 Å². The Morgan fingerprint density at radius 1 is 1.00 bits per heavy atom. The van der Waals surface area contributed by atoms with E-state index >= 15 is 0 Å². The molecule has 0 saturated heterocycles. The predicted octanol–water partition coefficient (Wildman–Crippen LogP) is 1.30. The Bertz CT molecular complexity index is 160. The fourth-order valence-electron chi connectivity index (χ4n) is 0.993. The van der Waals surface area contributed by atoms with E-state index in [0.717, 1.165) is 0 Å². The maximum atomic E-state index is 5.48. The average Bonchev–Trinajstić information content (AvgIpc) is 2.30. The van der Waals surface area contributed by atoms with Crippen LogP contribution >= 0.6 is 0 Å². The summed E-state index contributed by atoms with van der Waals surface area (Å²) in [4.78, 5) is 0. The molecule has 0 N–H and O–H groups in total. The van der Waals surface area contributed by atoms with Gasteiger partial charge in [0.05, 0.1) is 0 Å². The van der Waals surface area contributed by atoms with Crippen LogP contribution in [0.4, 0.5) is 0 Å². The molecule has 0 aromatic heterocycles. The second-order valence-corrected chi connectivity index (χ2v) is 2.88. The first-order chi connectivity index (χ1) is 5.04. The molecule has 0 aromatic carbocycles. The molecule has 1 heterocycles. The van der Waals surface area contributed by atoms with E-state index in [1.165, 1.54) is 0 Å². The molecular formula is C8H14O3. The molecule has 64 valence electrons. The lowest BCUT2D eigenvalue weighted by molar-refractivity contribution is -0.279. The molecular weight excluding hydrogens is 144 g/mol. The molecule has 0 aliphatic carbocycles. The minimum atomic E-state index is -0.634. The Morgan fingerprint density at radius 3 is 1.55 bits per heavy atom. The lowest BCUT2D eigenvalue weighted by atomic mass is 10.3. The molecule has 11 heavy (non-hydrogen) atoms. The van der Waals surface area contributed by atoms with Gasteiger partial charge in [-0.1, -0.05) is 0 Å². The van der Waals surface area contributed by atoms with Gasteiger partial charge in [0.25, 0.3) is 0 Å². The van der Waals surface area contributed by atoms with Crippen molar-refractivity contribution in [3.05, 3.63) is 12.2 Å². The SMILES string of the molecule is COC1(C)C=CC(C)(OC)O1. The van der Waals surface area contributed by atoms with Gasteiger partial charge in [-0.2, -0.15) is 0 Å². The van der Waals surface area contributed by atoms with E-state index in [1.807, 2.05) is 26.0 Å². The van der Waals surface area contributed by atoms with Gasteiger partial charge >= 0.3 is 0 Å². The number of methoxy groups -OCH3 is 2. The summed E-state index contributed by atoms with van der Waals surface area (Å²) >= 11 is 0. The van der Waals surface area contributed by atoms with Crippen LogP contribution in [-0.4, -0.2) is 25.8 Å². The molecule has 0 spiro atoms. The molecule has 0 aromatic rings. The molecule has 1 rings (SSSR count). The highest BCUT2D eigenvalue weighted by molar-refractivity contribution is 5.08. The number of hydrogen-bond donors (Lipinski definition) is 0. The number of hydrogen-bond acceptors (Lipinski definition) is 3. The number of rotatable bonds is 2. The molecule has 0 amide bonds. The standard InChI is InChI=1S/C8H14O3/c1-7(9-3)5-6-8(2,10-4)11-7/h5-6H,1-4H3. The van der Waals surface area contributed by atoms with Crippen molar-refractivity contribution >= 4 is 0 Å². The molecule has 0 bridgehead atoms. The van der Waals surface area contributed by atoms with E-state index in [0.29, 0.717) is 0 Å². The maximum Gasteiger partial charge on any atom is 0.188 e. The van der Waals surface area contributed by atoms with Crippen LogP contribution in [0.5, 0.6) is 0 Å². The highest BCUT2D eigenvalue weighted by atomic mass is 16.8. The van der Waals surface area contributed by atoms with Crippen LogP contribution in [0.3, 0.4) is 0 Å². The molecule has 1 aliphatic rings. The van der Waals surface area contributed by atoms with E-state index < -0.39 is 11.6 Å². The summed E-state index contributed by atoms with van der Waals surface area (Å²) in [6.07, 6.45) is 3.69. The molecule has 2 unspecified atom stereocenters. The summed E-state index contributed by atoms with van der Waals surface area (Å²) in [5, 5.41) is 0. The minimum absolute atomic E-state index is 0.634. The van der Waals surface area contributed by atoms with Gasteiger partial charge < -0.3 is 14.2 Å². The molecule has 3 nitrogen and oxygen atoms in total. The zero-order valence-electron chi connectivity index (χ0n) is 7.38. The highest BCUT2D eigenvalue weighted by Crippen LogP contribution is 2.31. The quantitative estimate of drug-likeness (QED) is 0.567. The average molecular weight is 158 g/mol. The molecule has 0 saturated carbocycles. The zero-order valence-corrected chi connectivity index (χ0v) is 7.38.